The van der Waals surface area contributed by atoms with E-state index in [9.17, 15) is 33.9 Å². The number of rotatable bonds is 9. The van der Waals surface area contributed by atoms with Crippen molar-refractivity contribution in [2.45, 2.75) is 161 Å². The van der Waals surface area contributed by atoms with Gasteiger partial charge in [-0.05, 0) is 102 Å². The highest BCUT2D eigenvalue weighted by Gasteiger charge is 2.56. The standard InChI is InChI=1S/C46H69NO14/c1-10-32-20-26(2)19-27(3)21-37(57-8)42-38(58-9)23-30(6)46(55,61-42)43(52)44(53)47-18-12-11-13-33(47)45(54)60-41(28(4)14-16-34(32)48)29(5)22-31-15-17-35(36(24-31)56-7)59-40(51)25-39(49)50/h14,16,20,22,27-28,30-33,35-38,41-42,55H,10-13,15,17-19,21,23-25H2,1-9H3,(H,49,50)/b16-14+,26-20+,29-22+/t27-,28+,30+,31-,32+,33-,35+,36+,37-,38-,41-,42+,46+/m0/s1. The molecular weight excluding hydrogens is 790 g/mol. The van der Waals surface area contributed by atoms with E-state index in [1.807, 2.05) is 39.8 Å². The molecule has 0 unspecified atom stereocenters. The summed E-state index contributed by atoms with van der Waals surface area (Å²) in [4.78, 5) is 81.0. The van der Waals surface area contributed by atoms with Crippen molar-refractivity contribution in [3.8, 4) is 0 Å². The van der Waals surface area contributed by atoms with Crippen LogP contribution in [-0.2, 0) is 57.2 Å². The number of aliphatic hydroxyl groups is 1. The SMILES string of the molecule is CC[C@@H]1/C=C(\C)C[C@H](C)C[C@H](OC)[C@H]2O[C@@](O)(C(=O)C(=O)N3CCCC[C@H]3C(=O)O[C@H](/C(C)=C/[C@@H]3CC[C@@H](OC(=O)CC(=O)O)[C@H](OC)C3)[C@H](C)/C=C/C1=O)[C@H](C)C[C@@H]2OC. The molecule has 0 aromatic carbocycles. The van der Waals surface area contributed by atoms with E-state index < -0.39 is 102 Å². The lowest BCUT2D eigenvalue weighted by Gasteiger charge is -2.47. The number of aliphatic carboxylic acids is 1. The van der Waals surface area contributed by atoms with Crippen LogP contribution >= 0.6 is 0 Å². The van der Waals surface area contributed by atoms with Crippen molar-refractivity contribution in [3.05, 3.63) is 35.5 Å². The minimum absolute atomic E-state index is 0.0401. The molecular formula is C46H69NO14. The van der Waals surface area contributed by atoms with E-state index in [4.69, 9.17) is 33.5 Å². The number of carbonyl (C=O) groups is 6. The van der Waals surface area contributed by atoms with Crippen molar-refractivity contribution in [2.75, 3.05) is 27.9 Å². The summed E-state index contributed by atoms with van der Waals surface area (Å²) >= 11 is 0. The zero-order valence-corrected chi connectivity index (χ0v) is 37.5. The number of piperidine rings is 1. The van der Waals surface area contributed by atoms with Crippen molar-refractivity contribution in [3.63, 3.8) is 0 Å². The predicted octanol–water partition coefficient (Wildman–Crippen LogP) is 5.30. The van der Waals surface area contributed by atoms with Crippen LogP contribution in [-0.4, -0.2) is 127 Å². The Hall–Kier alpha value is -3.76. The second-order valence-electron chi connectivity index (χ2n) is 17.7. The molecule has 3 aliphatic heterocycles. The van der Waals surface area contributed by atoms with Crippen LogP contribution in [0.25, 0.3) is 0 Å². The molecule has 2 saturated heterocycles. The number of hydrogen-bond acceptors (Lipinski definition) is 13. The van der Waals surface area contributed by atoms with Crippen LogP contribution in [0.1, 0.15) is 112 Å². The third-order valence-electron chi connectivity index (χ3n) is 12.9. The lowest BCUT2D eigenvalue weighted by molar-refractivity contribution is -0.302. The Bertz CT molecular complexity index is 1670. The Morgan fingerprint density at radius 3 is 2.25 bits per heavy atom. The first-order valence-electron chi connectivity index (χ1n) is 21.9. The third-order valence-corrected chi connectivity index (χ3v) is 12.9. The highest BCUT2D eigenvalue weighted by molar-refractivity contribution is 6.39. The van der Waals surface area contributed by atoms with E-state index in [-0.39, 0.29) is 37.0 Å². The Morgan fingerprint density at radius 1 is 0.934 bits per heavy atom. The molecule has 13 atom stereocenters. The number of methoxy groups -OCH3 is 3. The van der Waals surface area contributed by atoms with Crippen molar-refractivity contribution in [2.24, 2.45) is 29.6 Å². The third kappa shape index (κ3) is 12.7. The minimum Gasteiger partial charge on any atom is -0.481 e. The molecule has 4 rings (SSSR count). The van der Waals surface area contributed by atoms with Gasteiger partial charge in [0.15, 0.2) is 5.78 Å². The summed E-state index contributed by atoms with van der Waals surface area (Å²) in [5, 5.41) is 21.1. The highest BCUT2D eigenvalue weighted by atomic mass is 16.7. The number of amides is 1. The van der Waals surface area contributed by atoms with E-state index in [0.29, 0.717) is 56.9 Å². The van der Waals surface area contributed by atoms with Crippen molar-refractivity contribution >= 4 is 35.4 Å². The molecule has 342 valence electrons. The molecule has 1 saturated carbocycles. The number of Topliss-reactive ketones (excluding diaryl/α,β-unsaturated/α-hetero) is 1. The molecule has 0 aromatic heterocycles. The van der Waals surface area contributed by atoms with Crippen LogP contribution < -0.4 is 0 Å². The number of ketones is 2. The van der Waals surface area contributed by atoms with Crippen LogP contribution in [0.15, 0.2) is 35.5 Å². The molecule has 2 N–H and O–H groups in total. The molecule has 0 radical (unpaired) electrons. The Balaban J connectivity index is 1.72. The number of allylic oxidation sites excluding steroid dienone is 4. The lowest BCUT2D eigenvalue weighted by atomic mass is 9.82. The van der Waals surface area contributed by atoms with Crippen LogP contribution in [0.3, 0.4) is 0 Å². The Labute approximate surface area is 360 Å². The zero-order valence-electron chi connectivity index (χ0n) is 37.5. The smallest absolute Gasteiger partial charge is 0.329 e. The second-order valence-corrected chi connectivity index (χ2v) is 17.7. The number of carboxylic acids is 1. The fourth-order valence-corrected chi connectivity index (χ4v) is 9.53. The minimum atomic E-state index is -2.51. The van der Waals surface area contributed by atoms with E-state index in [1.54, 1.807) is 19.1 Å². The molecule has 61 heavy (non-hydrogen) atoms. The zero-order chi connectivity index (χ0) is 45.2. The number of esters is 2. The van der Waals surface area contributed by atoms with Gasteiger partial charge < -0.3 is 43.5 Å². The Kier molecular flexibility index (Phi) is 18.4. The molecule has 0 aromatic rings. The van der Waals surface area contributed by atoms with Gasteiger partial charge in [0.1, 0.15) is 30.8 Å². The number of cyclic esters (lactones) is 1. The van der Waals surface area contributed by atoms with Gasteiger partial charge in [-0.2, -0.15) is 0 Å². The van der Waals surface area contributed by atoms with Crippen molar-refractivity contribution in [1.29, 1.82) is 0 Å². The first-order valence-corrected chi connectivity index (χ1v) is 21.9. The van der Waals surface area contributed by atoms with Crippen molar-refractivity contribution < 1.29 is 67.4 Å². The lowest BCUT2D eigenvalue weighted by Crippen LogP contribution is -2.64. The number of carbonyl (C=O) groups excluding carboxylic acids is 5. The quantitative estimate of drug-likeness (QED) is 0.131. The maximum atomic E-state index is 14.4. The monoisotopic (exact) mass is 859 g/mol. The summed E-state index contributed by atoms with van der Waals surface area (Å²) in [5.41, 5.74) is 1.70. The summed E-state index contributed by atoms with van der Waals surface area (Å²) in [5.74, 6) is -9.45. The number of hydrogen-bond donors (Lipinski definition) is 2. The van der Waals surface area contributed by atoms with Gasteiger partial charge in [0.05, 0.1) is 18.3 Å². The van der Waals surface area contributed by atoms with E-state index in [2.05, 4.69) is 6.92 Å². The predicted molar refractivity (Wildman–Crippen MR) is 223 cm³/mol. The van der Waals surface area contributed by atoms with Gasteiger partial charge in [0, 0.05) is 45.6 Å². The van der Waals surface area contributed by atoms with Crippen molar-refractivity contribution in [1.82, 2.24) is 4.90 Å². The summed E-state index contributed by atoms with van der Waals surface area (Å²) in [6, 6.07) is -1.13. The number of fused-ring (bicyclic) bond motifs is 3. The highest BCUT2D eigenvalue weighted by Crippen LogP contribution is 2.39. The van der Waals surface area contributed by atoms with Gasteiger partial charge in [-0.1, -0.05) is 51.5 Å². The summed E-state index contributed by atoms with van der Waals surface area (Å²) in [6.45, 7) is 11.4. The van der Waals surface area contributed by atoms with Gasteiger partial charge in [-0.3, -0.25) is 24.0 Å². The molecule has 0 spiro atoms. The van der Waals surface area contributed by atoms with E-state index in [1.165, 1.54) is 26.2 Å². The Morgan fingerprint density at radius 2 is 1.61 bits per heavy atom. The van der Waals surface area contributed by atoms with Gasteiger partial charge in [0.2, 0.25) is 5.79 Å². The average Bonchev–Trinajstić information content (AvgIpc) is 3.22. The number of carboxylic acid groups (broad SMARTS) is 1. The molecule has 3 heterocycles. The topological polar surface area (TPSA) is 201 Å². The maximum Gasteiger partial charge on any atom is 0.329 e. The molecule has 2 bridgehead atoms. The second kappa shape index (κ2) is 22.5. The number of nitrogens with zero attached hydrogens (tertiary/aromatic N) is 1. The molecule has 1 aliphatic carbocycles. The fraction of sp³-hybridized carbons (Fsp3) is 0.739. The number of ether oxygens (including phenoxy) is 6. The first-order chi connectivity index (χ1) is 28.9. The maximum absolute atomic E-state index is 14.4. The largest absolute Gasteiger partial charge is 0.481 e. The van der Waals surface area contributed by atoms with E-state index >= 15 is 0 Å². The molecule has 1 amide bonds. The van der Waals surface area contributed by atoms with Gasteiger partial charge in [-0.15, -0.1) is 0 Å². The van der Waals surface area contributed by atoms with Crippen LogP contribution in [0, 0.1) is 29.6 Å². The van der Waals surface area contributed by atoms with Gasteiger partial charge in [0.25, 0.3) is 11.7 Å². The van der Waals surface area contributed by atoms with Crippen LogP contribution in [0.5, 0.6) is 0 Å². The van der Waals surface area contributed by atoms with E-state index in [0.717, 1.165) is 5.57 Å². The van der Waals surface area contributed by atoms with Gasteiger partial charge >= 0.3 is 17.9 Å². The first kappa shape index (κ1) is 49.9. The van der Waals surface area contributed by atoms with Crippen LogP contribution in [0.4, 0.5) is 0 Å². The van der Waals surface area contributed by atoms with Gasteiger partial charge in [-0.25, -0.2) is 4.79 Å². The summed E-state index contributed by atoms with van der Waals surface area (Å²) in [6.07, 6.45) is 7.09. The summed E-state index contributed by atoms with van der Waals surface area (Å²) in [7, 11) is 4.55. The van der Waals surface area contributed by atoms with Crippen LogP contribution in [0.2, 0.25) is 0 Å². The molecule has 15 nitrogen and oxygen atoms in total. The molecule has 15 heteroatoms. The normalized spacial score (nSPS) is 38.0. The molecule has 4 aliphatic rings. The average molecular weight is 860 g/mol. The molecule has 3 fully saturated rings. The fourth-order valence-electron chi connectivity index (χ4n) is 9.53. The summed E-state index contributed by atoms with van der Waals surface area (Å²) < 4.78 is 35.4.